The van der Waals surface area contributed by atoms with Crippen LogP contribution in [0.1, 0.15) is 27.3 Å². The highest BCUT2D eigenvalue weighted by Crippen LogP contribution is 2.31. The minimum Gasteiger partial charge on any atom is -0.485 e. The van der Waals surface area contributed by atoms with Gasteiger partial charge in [-0.3, -0.25) is 4.79 Å². The van der Waals surface area contributed by atoms with Gasteiger partial charge in [-0.1, -0.05) is 6.07 Å². The van der Waals surface area contributed by atoms with E-state index in [1.54, 1.807) is 54.8 Å². The number of ketones is 1. The second kappa shape index (κ2) is 8.33. The molecule has 0 saturated heterocycles. The molecule has 0 fully saturated rings. The van der Waals surface area contributed by atoms with Gasteiger partial charge in [-0.15, -0.1) is 10.2 Å². The lowest BCUT2D eigenvalue weighted by Gasteiger charge is -2.13. The van der Waals surface area contributed by atoms with Crippen LogP contribution in [0.25, 0.3) is 17.1 Å². The van der Waals surface area contributed by atoms with Crippen molar-refractivity contribution in [3.63, 3.8) is 0 Å². The van der Waals surface area contributed by atoms with Crippen molar-refractivity contribution in [3.05, 3.63) is 83.5 Å². The van der Waals surface area contributed by atoms with Crippen LogP contribution in [0.3, 0.4) is 0 Å². The fourth-order valence-corrected chi connectivity index (χ4v) is 3.48. The van der Waals surface area contributed by atoms with Crippen molar-refractivity contribution in [2.75, 3.05) is 6.61 Å². The molecular weight excluding hydrogens is 423 g/mol. The Morgan fingerprint density at radius 2 is 1.84 bits per heavy atom. The van der Waals surface area contributed by atoms with E-state index in [0.717, 1.165) is 12.1 Å². The smallest absolute Gasteiger partial charge is 0.416 e. The van der Waals surface area contributed by atoms with E-state index in [0.29, 0.717) is 39.8 Å². The summed E-state index contributed by atoms with van der Waals surface area (Å²) in [5.41, 5.74) is 1.89. The molecule has 32 heavy (non-hydrogen) atoms. The van der Waals surface area contributed by atoms with Crippen molar-refractivity contribution in [1.82, 2.24) is 14.8 Å². The van der Waals surface area contributed by atoms with Gasteiger partial charge in [-0.05, 0) is 62.4 Å². The Balaban J connectivity index is 1.51. The first-order chi connectivity index (χ1) is 15.2. The highest BCUT2D eigenvalue weighted by Gasteiger charge is 2.30. The summed E-state index contributed by atoms with van der Waals surface area (Å²) in [4.78, 5) is 12.8. The third kappa shape index (κ3) is 4.27. The van der Waals surface area contributed by atoms with Crippen LogP contribution in [-0.2, 0) is 6.18 Å². The summed E-state index contributed by atoms with van der Waals surface area (Å²) in [6.07, 6.45) is -3.22. The van der Waals surface area contributed by atoms with Crippen molar-refractivity contribution < 1.29 is 27.1 Å². The summed E-state index contributed by atoms with van der Waals surface area (Å²) in [5.74, 6) is 0.570. The zero-order chi connectivity index (χ0) is 22.9. The number of alkyl halides is 3. The van der Waals surface area contributed by atoms with Gasteiger partial charge in [0.25, 0.3) is 0 Å². The minimum absolute atomic E-state index is 0.215. The minimum atomic E-state index is -4.45. The Morgan fingerprint density at radius 1 is 1.09 bits per heavy atom. The Bertz CT molecular complexity index is 1240. The first kappa shape index (κ1) is 21.4. The van der Waals surface area contributed by atoms with Crippen LogP contribution in [0, 0.1) is 13.8 Å². The topological polar surface area (TPSA) is 70.2 Å². The number of rotatable bonds is 6. The molecule has 2 heterocycles. The second-order valence-electron chi connectivity index (χ2n) is 7.15. The van der Waals surface area contributed by atoms with Gasteiger partial charge in [0.15, 0.2) is 6.61 Å². The van der Waals surface area contributed by atoms with Crippen LogP contribution in [0.15, 0.2) is 65.4 Å². The van der Waals surface area contributed by atoms with E-state index in [4.69, 9.17) is 9.15 Å². The average Bonchev–Trinajstić information content (AvgIpc) is 3.40. The summed E-state index contributed by atoms with van der Waals surface area (Å²) < 4.78 is 51.6. The maximum absolute atomic E-state index is 13.1. The molecule has 0 radical (unpaired) electrons. The summed E-state index contributed by atoms with van der Waals surface area (Å²) in [7, 11) is 0. The third-order valence-electron chi connectivity index (χ3n) is 4.99. The first-order valence-corrected chi connectivity index (χ1v) is 9.63. The Morgan fingerprint density at radius 3 is 2.50 bits per heavy atom. The maximum Gasteiger partial charge on any atom is 0.416 e. The fourth-order valence-electron chi connectivity index (χ4n) is 3.48. The molecule has 0 saturated carbocycles. The molecule has 0 bridgehead atoms. The number of Topliss-reactive ketones (excluding diaryl/α,β-unsaturated/α-hetero) is 1. The number of ether oxygens (including phenoxy) is 1. The van der Waals surface area contributed by atoms with Gasteiger partial charge in [-0.2, -0.15) is 13.2 Å². The van der Waals surface area contributed by atoms with Crippen molar-refractivity contribution in [3.8, 4) is 22.9 Å². The number of nitrogens with zero attached hydrogens (tertiary/aromatic N) is 3. The van der Waals surface area contributed by atoms with Gasteiger partial charge in [-0.25, -0.2) is 0 Å². The van der Waals surface area contributed by atoms with Crippen LogP contribution < -0.4 is 4.74 Å². The van der Waals surface area contributed by atoms with Crippen molar-refractivity contribution in [1.29, 1.82) is 0 Å². The standard InChI is InChI=1S/C23H18F3N3O3/c1-14-10-20(15(2)29(14)18-5-3-4-17(11-18)23(24,25)26)21(30)12-31-19-8-6-16(7-9-19)22-28-27-13-32-22/h3-11,13H,12H2,1-2H3. The van der Waals surface area contributed by atoms with Gasteiger partial charge in [0, 0.05) is 28.2 Å². The van der Waals surface area contributed by atoms with Gasteiger partial charge in [0.1, 0.15) is 5.75 Å². The first-order valence-electron chi connectivity index (χ1n) is 9.63. The third-order valence-corrected chi connectivity index (χ3v) is 4.99. The number of hydrogen-bond donors (Lipinski definition) is 0. The van der Waals surface area contributed by atoms with Gasteiger partial charge in [0.2, 0.25) is 18.1 Å². The van der Waals surface area contributed by atoms with E-state index in [1.165, 1.54) is 12.5 Å². The number of carbonyl (C=O) groups excluding carboxylic acids is 1. The summed E-state index contributed by atoms with van der Waals surface area (Å²) >= 11 is 0. The molecule has 4 rings (SSSR count). The highest BCUT2D eigenvalue weighted by atomic mass is 19.4. The zero-order valence-electron chi connectivity index (χ0n) is 17.2. The molecule has 0 amide bonds. The van der Waals surface area contributed by atoms with Crippen LogP contribution in [0.2, 0.25) is 0 Å². The Labute approximate surface area is 181 Å². The Hall–Kier alpha value is -3.88. The molecule has 0 atom stereocenters. The molecule has 0 unspecified atom stereocenters. The maximum atomic E-state index is 13.1. The van der Waals surface area contributed by atoms with Crippen LogP contribution in [0.5, 0.6) is 5.75 Å². The molecule has 0 aliphatic rings. The lowest BCUT2D eigenvalue weighted by molar-refractivity contribution is -0.137. The average molecular weight is 441 g/mol. The molecule has 0 aliphatic heterocycles. The summed E-state index contributed by atoms with van der Waals surface area (Å²) in [5, 5.41) is 7.44. The van der Waals surface area contributed by atoms with Crippen LogP contribution in [-0.4, -0.2) is 27.2 Å². The van der Waals surface area contributed by atoms with E-state index < -0.39 is 11.7 Å². The highest BCUT2D eigenvalue weighted by molar-refractivity contribution is 5.98. The normalized spacial score (nSPS) is 11.5. The van der Waals surface area contributed by atoms with Crippen molar-refractivity contribution in [2.45, 2.75) is 20.0 Å². The van der Waals surface area contributed by atoms with E-state index in [2.05, 4.69) is 10.2 Å². The van der Waals surface area contributed by atoms with E-state index in [9.17, 15) is 18.0 Å². The number of halogens is 3. The second-order valence-corrected chi connectivity index (χ2v) is 7.15. The largest absolute Gasteiger partial charge is 0.485 e. The SMILES string of the molecule is Cc1cc(C(=O)COc2ccc(-c3nnco3)cc2)c(C)n1-c1cccc(C(F)(F)F)c1. The van der Waals surface area contributed by atoms with Crippen molar-refractivity contribution >= 4 is 5.78 Å². The molecular formula is C23H18F3N3O3. The summed E-state index contributed by atoms with van der Waals surface area (Å²) in [6.45, 7) is 3.22. The zero-order valence-corrected chi connectivity index (χ0v) is 17.2. The fraction of sp³-hybridized carbons (Fsp3) is 0.174. The predicted octanol–water partition coefficient (Wildman–Crippen LogP) is 5.42. The lowest BCUT2D eigenvalue weighted by Crippen LogP contribution is -2.13. The molecule has 0 aliphatic carbocycles. The predicted molar refractivity (Wildman–Crippen MR) is 110 cm³/mol. The molecule has 2 aromatic heterocycles. The van der Waals surface area contributed by atoms with Crippen LogP contribution in [0.4, 0.5) is 13.2 Å². The molecule has 0 spiro atoms. The quantitative estimate of drug-likeness (QED) is 0.374. The molecule has 2 aromatic carbocycles. The number of benzene rings is 2. The van der Waals surface area contributed by atoms with Gasteiger partial charge in [0.05, 0.1) is 5.56 Å². The number of carbonyl (C=O) groups is 1. The summed E-state index contributed by atoms with van der Waals surface area (Å²) in [6, 6.07) is 13.5. The number of hydrogen-bond acceptors (Lipinski definition) is 5. The monoisotopic (exact) mass is 441 g/mol. The molecule has 4 aromatic rings. The van der Waals surface area contributed by atoms with Gasteiger partial charge >= 0.3 is 6.18 Å². The number of aryl methyl sites for hydroxylation is 1. The lowest BCUT2D eigenvalue weighted by atomic mass is 10.1. The molecule has 164 valence electrons. The number of aromatic nitrogens is 3. The van der Waals surface area contributed by atoms with Crippen LogP contribution >= 0.6 is 0 Å². The van der Waals surface area contributed by atoms with E-state index >= 15 is 0 Å². The van der Waals surface area contributed by atoms with E-state index in [1.807, 2.05) is 0 Å². The Kier molecular flexibility index (Phi) is 5.56. The molecule has 9 heteroatoms. The molecule has 6 nitrogen and oxygen atoms in total. The van der Waals surface area contributed by atoms with Crippen molar-refractivity contribution in [2.24, 2.45) is 0 Å². The van der Waals surface area contributed by atoms with Gasteiger partial charge < -0.3 is 13.7 Å². The molecule has 0 N–H and O–H groups in total. The van der Waals surface area contributed by atoms with E-state index in [-0.39, 0.29) is 12.4 Å².